The normalized spacial score (nSPS) is 10.9. The first-order valence-corrected chi connectivity index (χ1v) is 6.79. The molecule has 0 aliphatic carbocycles. The van der Waals surface area contributed by atoms with E-state index >= 15 is 0 Å². The fourth-order valence-electron chi connectivity index (χ4n) is 2.41. The van der Waals surface area contributed by atoms with Crippen molar-refractivity contribution in [1.29, 1.82) is 0 Å². The summed E-state index contributed by atoms with van der Waals surface area (Å²) in [5.41, 5.74) is 2.88. The first kappa shape index (κ1) is 12.2. The zero-order valence-electron chi connectivity index (χ0n) is 11.0. The van der Waals surface area contributed by atoms with Crippen LogP contribution in [0.5, 0.6) is 0 Å². The summed E-state index contributed by atoms with van der Waals surface area (Å²) in [6.45, 7) is 4.44. The maximum Gasteiger partial charge on any atom is -0.0149 e. The molecule has 0 amide bonds. The first-order valence-electron chi connectivity index (χ1n) is 6.79. The average Bonchev–Trinajstić information content (AvgIpc) is 2.35. The van der Waals surface area contributed by atoms with E-state index in [4.69, 9.17) is 0 Å². The molecule has 0 aromatic heterocycles. The second-order valence-corrected chi connectivity index (χ2v) is 4.95. The smallest absolute Gasteiger partial charge is 0.0149 e. The molecule has 17 heavy (non-hydrogen) atoms. The molecule has 0 radical (unpaired) electrons. The molecule has 2 aromatic rings. The van der Waals surface area contributed by atoms with Crippen LogP contribution in [0, 0.1) is 6.92 Å². The van der Waals surface area contributed by atoms with Crippen molar-refractivity contribution in [3.05, 3.63) is 47.5 Å². The predicted molar refractivity (Wildman–Crippen MR) is 76.5 cm³/mol. The quantitative estimate of drug-likeness (QED) is 0.609. The molecule has 0 heteroatoms. The Labute approximate surface area is 105 Å². The minimum Gasteiger partial charge on any atom is -0.0654 e. The lowest BCUT2D eigenvalue weighted by molar-refractivity contribution is 0.668. The van der Waals surface area contributed by atoms with Gasteiger partial charge in [0.05, 0.1) is 0 Å². The minimum absolute atomic E-state index is 1.22. The third kappa shape index (κ3) is 3.09. The van der Waals surface area contributed by atoms with Crippen LogP contribution in [0.4, 0.5) is 0 Å². The largest absolute Gasteiger partial charge is 0.0654 e. The second-order valence-electron chi connectivity index (χ2n) is 4.95. The van der Waals surface area contributed by atoms with Gasteiger partial charge in [-0.2, -0.15) is 0 Å². The Morgan fingerprint density at radius 2 is 1.82 bits per heavy atom. The highest BCUT2D eigenvalue weighted by Crippen LogP contribution is 2.22. The standard InChI is InChI=1S/C17H22/c1-3-4-5-6-8-15-9-7-10-16-12-11-14(2)13-17(15)16/h7,9-13H,3-6,8H2,1-2H3. The molecule has 0 bridgehead atoms. The van der Waals surface area contributed by atoms with Crippen molar-refractivity contribution in [2.75, 3.05) is 0 Å². The Morgan fingerprint density at radius 3 is 2.65 bits per heavy atom. The van der Waals surface area contributed by atoms with Crippen LogP contribution >= 0.6 is 0 Å². The Kier molecular flexibility index (Phi) is 4.19. The van der Waals surface area contributed by atoms with Crippen LogP contribution in [0.25, 0.3) is 10.8 Å². The monoisotopic (exact) mass is 226 g/mol. The summed E-state index contributed by atoms with van der Waals surface area (Å²) >= 11 is 0. The van der Waals surface area contributed by atoms with E-state index in [2.05, 4.69) is 50.2 Å². The van der Waals surface area contributed by atoms with E-state index in [1.54, 1.807) is 0 Å². The van der Waals surface area contributed by atoms with Crippen molar-refractivity contribution >= 4 is 10.8 Å². The van der Waals surface area contributed by atoms with Crippen molar-refractivity contribution in [2.45, 2.75) is 46.0 Å². The van der Waals surface area contributed by atoms with E-state index in [1.807, 2.05) is 0 Å². The highest BCUT2D eigenvalue weighted by Gasteiger charge is 2.00. The molecule has 0 aliphatic rings. The zero-order valence-corrected chi connectivity index (χ0v) is 11.0. The first-order chi connectivity index (χ1) is 8.31. The van der Waals surface area contributed by atoms with Crippen molar-refractivity contribution in [2.24, 2.45) is 0 Å². The van der Waals surface area contributed by atoms with Gasteiger partial charge < -0.3 is 0 Å². The van der Waals surface area contributed by atoms with Crippen LogP contribution in [-0.4, -0.2) is 0 Å². The summed E-state index contributed by atoms with van der Waals surface area (Å²) in [7, 11) is 0. The molecule has 0 atom stereocenters. The number of benzene rings is 2. The lowest BCUT2D eigenvalue weighted by Gasteiger charge is -2.07. The molecular formula is C17H22. The van der Waals surface area contributed by atoms with E-state index in [9.17, 15) is 0 Å². The van der Waals surface area contributed by atoms with Crippen molar-refractivity contribution in [3.8, 4) is 0 Å². The van der Waals surface area contributed by atoms with E-state index in [-0.39, 0.29) is 0 Å². The van der Waals surface area contributed by atoms with E-state index in [0.29, 0.717) is 0 Å². The van der Waals surface area contributed by atoms with Gasteiger partial charge in [0.15, 0.2) is 0 Å². The average molecular weight is 226 g/mol. The summed E-state index contributed by atoms with van der Waals surface area (Å²) < 4.78 is 0. The zero-order chi connectivity index (χ0) is 12.1. The molecule has 0 saturated carbocycles. The van der Waals surface area contributed by atoms with Gasteiger partial charge in [0.1, 0.15) is 0 Å². The highest BCUT2D eigenvalue weighted by molar-refractivity contribution is 5.86. The second kappa shape index (κ2) is 5.86. The van der Waals surface area contributed by atoms with Crippen LogP contribution in [0.1, 0.15) is 43.7 Å². The fourth-order valence-corrected chi connectivity index (χ4v) is 2.41. The summed E-state index contributed by atoms with van der Waals surface area (Å²) in [5, 5.41) is 2.83. The molecule has 0 heterocycles. The van der Waals surface area contributed by atoms with E-state index < -0.39 is 0 Å². The van der Waals surface area contributed by atoms with Crippen LogP contribution in [-0.2, 0) is 6.42 Å². The third-order valence-corrected chi connectivity index (χ3v) is 3.43. The van der Waals surface area contributed by atoms with Crippen molar-refractivity contribution < 1.29 is 0 Å². The maximum absolute atomic E-state index is 2.32. The Balaban J connectivity index is 2.18. The summed E-state index contributed by atoms with van der Waals surface area (Å²) in [5.74, 6) is 0. The Bertz CT molecular complexity index is 482. The minimum atomic E-state index is 1.22. The van der Waals surface area contributed by atoms with E-state index in [1.165, 1.54) is 54.0 Å². The topological polar surface area (TPSA) is 0 Å². The lowest BCUT2D eigenvalue weighted by Crippen LogP contribution is -1.88. The number of hydrogen-bond acceptors (Lipinski definition) is 0. The molecule has 90 valence electrons. The molecular weight excluding hydrogens is 204 g/mol. The number of rotatable bonds is 5. The van der Waals surface area contributed by atoms with Crippen LogP contribution in [0.3, 0.4) is 0 Å². The van der Waals surface area contributed by atoms with Crippen molar-refractivity contribution in [3.63, 3.8) is 0 Å². The number of hydrogen-bond donors (Lipinski definition) is 0. The molecule has 0 nitrogen and oxygen atoms in total. The molecule has 0 N–H and O–H groups in total. The maximum atomic E-state index is 2.32. The molecule has 0 unspecified atom stereocenters. The summed E-state index contributed by atoms with van der Waals surface area (Å²) in [6.07, 6.45) is 6.58. The van der Waals surface area contributed by atoms with Gasteiger partial charge in [-0.25, -0.2) is 0 Å². The Hall–Kier alpha value is -1.30. The Morgan fingerprint density at radius 1 is 0.941 bits per heavy atom. The predicted octanol–water partition coefficient (Wildman–Crippen LogP) is 5.27. The summed E-state index contributed by atoms with van der Waals surface area (Å²) in [6, 6.07) is 13.4. The van der Waals surface area contributed by atoms with Crippen LogP contribution in [0.15, 0.2) is 36.4 Å². The van der Waals surface area contributed by atoms with Gasteiger partial charge in [0, 0.05) is 0 Å². The number of aryl methyl sites for hydroxylation is 2. The lowest BCUT2D eigenvalue weighted by atomic mass is 9.98. The SMILES string of the molecule is CCCCCCc1cccc2ccc(C)cc12. The molecule has 2 aromatic carbocycles. The molecule has 0 aliphatic heterocycles. The van der Waals surface area contributed by atoms with Gasteiger partial charge in [-0.05, 0) is 36.1 Å². The van der Waals surface area contributed by atoms with Gasteiger partial charge in [0.2, 0.25) is 0 Å². The van der Waals surface area contributed by atoms with Gasteiger partial charge in [-0.15, -0.1) is 0 Å². The molecule has 2 rings (SSSR count). The molecule has 0 spiro atoms. The van der Waals surface area contributed by atoms with Crippen LogP contribution < -0.4 is 0 Å². The highest BCUT2D eigenvalue weighted by atomic mass is 14.1. The molecule has 0 fully saturated rings. The molecule has 0 saturated heterocycles. The third-order valence-electron chi connectivity index (χ3n) is 3.43. The fraction of sp³-hybridized carbons (Fsp3) is 0.412. The van der Waals surface area contributed by atoms with Gasteiger partial charge in [0.25, 0.3) is 0 Å². The van der Waals surface area contributed by atoms with Gasteiger partial charge in [-0.1, -0.05) is 68.1 Å². The van der Waals surface area contributed by atoms with Crippen LogP contribution in [0.2, 0.25) is 0 Å². The van der Waals surface area contributed by atoms with Gasteiger partial charge >= 0.3 is 0 Å². The van der Waals surface area contributed by atoms with Gasteiger partial charge in [-0.3, -0.25) is 0 Å². The number of unbranched alkanes of at least 4 members (excludes halogenated alkanes) is 3. The van der Waals surface area contributed by atoms with E-state index in [0.717, 1.165) is 0 Å². The summed E-state index contributed by atoms with van der Waals surface area (Å²) in [4.78, 5) is 0. The number of fused-ring (bicyclic) bond motifs is 1. The van der Waals surface area contributed by atoms with Crippen molar-refractivity contribution in [1.82, 2.24) is 0 Å².